The lowest BCUT2D eigenvalue weighted by molar-refractivity contribution is -0.117. The van der Waals surface area contributed by atoms with Crippen molar-refractivity contribution < 1.29 is 13.6 Å². The molecule has 0 aromatic rings. The van der Waals surface area contributed by atoms with Gasteiger partial charge in [0.25, 0.3) is 0 Å². The Morgan fingerprint density at radius 3 is 2.36 bits per heavy atom. The average molecular weight is 175 g/mol. The lowest BCUT2D eigenvalue weighted by atomic mass is 10.3. The molecule has 0 aromatic carbocycles. The number of rotatable bonds is 4. The van der Waals surface area contributed by atoms with Crippen LogP contribution in [-0.4, -0.2) is 29.2 Å². The van der Waals surface area contributed by atoms with Gasteiger partial charge in [-0.05, 0) is 6.42 Å². The van der Waals surface area contributed by atoms with Crippen LogP contribution in [0.4, 0.5) is 0 Å². The summed E-state index contributed by atoms with van der Waals surface area (Å²) in [4.78, 5) is 10.9. The smallest absolute Gasteiger partial charge is 0.513 e. The highest BCUT2D eigenvalue weighted by atomic mass is 28.3. The first-order chi connectivity index (χ1) is 5.24. The minimum atomic E-state index is -1.67. The molecule has 0 saturated heterocycles. The van der Waals surface area contributed by atoms with Crippen molar-refractivity contribution in [1.29, 1.82) is 0 Å². The highest BCUT2D eigenvalue weighted by molar-refractivity contribution is 6.33. The van der Waals surface area contributed by atoms with Gasteiger partial charge in [0.2, 0.25) is 5.91 Å². The first-order valence-electron chi connectivity index (χ1n) is 3.44. The molecule has 1 amide bonds. The Morgan fingerprint density at radius 2 is 2.00 bits per heavy atom. The second-order valence-electron chi connectivity index (χ2n) is 1.93. The molecule has 5 heteroatoms. The number of amides is 1. The van der Waals surface area contributed by atoms with Crippen LogP contribution in [0.25, 0.3) is 0 Å². The molecular weight excluding hydrogens is 162 g/mol. The Labute approximate surface area is 68.1 Å². The highest BCUT2D eigenvalue weighted by Crippen LogP contribution is 1.91. The largest absolute Gasteiger partial charge is 0.621 e. The Bertz CT molecular complexity index is 152. The van der Waals surface area contributed by atoms with Crippen molar-refractivity contribution in [3.63, 3.8) is 0 Å². The Balaban J connectivity index is 3.93. The molecule has 0 aromatic heterocycles. The van der Waals surface area contributed by atoms with Crippen LogP contribution in [0.2, 0.25) is 0 Å². The van der Waals surface area contributed by atoms with Gasteiger partial charge in [-0.3, -0.25) is 4.79 Å². The molecule has 0 spiro atoms. The lowest BCUT2D eigenvalue weighted by Crippen LogP contribution is -2.10. The third kappa shape index (κ3) is 4.66. The minimum absolute atomic E-state index is 0.134. The summed E-state index contributed by atoms with van der Waals surface area (Å²) in [7, 11) is 1.30. The molecule has 11 heavy (non-hydrogen) atoms. The summed E-state index contributed by atoms with van der Waals surface area (Å²) in [6.07, 6.45) is 1.28. The molecule has 0 radical (unpaired) electrons. The van der Waals surface area contributed by atoms with Crippen molar-refractivity contribution in [2.75, 3.05) is 14.2 Å². The van der Waals surface area contributed by atoms with E-state index in [1.807, 2.05) is 6.92 Å². The molecule has 0 atom stereocenters. The van der Waals surface area contributed by atoms with E-state index in [4.69, 9.17) is 8.85 Å². The van der Waals surface area contributed by atoms with Gasteiger partial charge in [0.1, 0.15) is 0 Å². The van der Waals surface area contributed by atoms with E-state index in [0.717, 1.165) is 6.42 Å². The predicted molar refractivity (Wildman–Crippen MR) is 42.1 cm³/mol. The molecule has 4 nitrogen and oxygen atoms in total. The Hall–Kier alpha value is -0.713. The van der Waals surface area contributed by atoms with E-state index in [-0.39, 0.29) is 5.91 Å². The zero-order valence-corrected chi connectivity index (χ0v) is 8.09. The van der Waals surface area contributed by atoms with Gasteiger partial charge in [0.05, 0.1) is 14.2 Å². The highest BCUT2D eigenvalue weighted by Gasteiger charge is 2.05. The maximum atomic E-state index is 10.9. The molecule has 0 aliphatic rings. The van der Waals surface area contributed by atoms with Crippen LogP contribution in [0, 0.1) is 0 Å². The van der Waals surface area contributed by atoms with Crippen LogP contribution >= 0.6 is 0 Å². The van der Waals surface area contributed by atoms with Gasteiger partial charge in [0.15, 0.2) is 0 Å². The maximum absolute atomic E-state index is 10.9. The van der Waals surface area contributed by atoms with Gasteiger partial charge in [-0.2, -0.15) is 4.63 Å². The normalized spacial score (nSPS) is 8.64. The zero-order chi connectivity index (χ0) is 8.69. The zero-order valence-electron chi connectivity index (χ0n) is 7.09. The lowest BCUT2D eigenvalue weighted by Gasteiger charge is -1.98. The summed E-state index contributed by atoms with van der Waals surface area (Å²) in [6.45, 7) is 1.93. The van der Waals surface area contributed by atoms with E-state index in [2.05, 4.69) is 4.63 Å². The topological polar surface area (TPSA) is 47.9 Å². The molecule has 0 unspecified atom stereocenters. The van der Waals surface area contributed by atoms with Crippen LogP contribution in [0.5, 0.6) is 0 Å². The molecule has 0 bridgehead atoms. The summed E-state index contributed by atoms with van der Waals surface area (Å²) in [5, 5.41) is 0. The van der Waals surface area contributed by atoms with Crippen molar-refractivity contribution in [2.45, 2.75) is 19.8 Å². The van der Waals surface area contributed by atoms with E-state index in [1.54, 1.807) is 0 Å². The first-order valence-corrected chi connectivity index (χ1v) is 4.70. The third-order valence-electron chi connectivity index (χ3n) is 1.03. The van der Waals surface area contributed by atoms with Gasteiger partial charge < -0.3 is 8.85 Å². The SMILES string of the molecule is CCCC(=O)N=[Si](OC)OC. The molecule has 0 aliphatic carbocycles. The summed E-state index contributed by atoms with van der Waals surface area (Å²) in [5.74, 6) is -0.134. The quantitative estimate of drug-likeness (QED) is 0.595. The van der Waals surface area contributed by atoms with Crippen molar-refractivity contribution in [1.82, 2.24) is 0 Å². The van der Waals surface area contributed by atoms with E-state index < -0.39 is 9.08 Å². The standard InChI is InChI=1S/C6H13NO3Si/c1-4-5-6(8)7-11(9-2)10-3/h4-5H2,1-3H3. The molecule has 0 heterocycles. The van der Waals surface area contributed by atoms with E-state index in [9.17, 15) is 4.79 Å². The van der Waals surface area contributed by atoms with Crippen LogP contribution in [0.15, 0.2) is 4.63 Å². The first kappa shape index (κ1) is 10.3. The summed E-state index contributed by atoms with van der Waals surface area (Å²) < 4.78 is 13.3. The third-order valence-corrected chi connectivity index (χ3v) is 2.16. The van der Waals surface area contributed by atoms with Gasteiger partial charge in [-0.25, -0.2) is 0 Å². The molecule has 64 valence electrons. The number of hydrogen-bond donors (Lipinski definition) is 0. The number of carbonyl (C=O) groups is 1. The van der Waals surface area contributed by atoms with Crippen LogP contribution in [0.3, 0.4) is 0 Å². The molecule has 0 saturated carbocycles. The van der Waals surface area contributed by atoms with E-state index in [0.29, 0.717) is 6.42 Å². The molecule has 0 aliphatic heterocycles. The predicted octanol–water partition coefficient (Wildman–Crippen LogP) is 0.859. The maximum Gasteiger partial charge on any atom is 0.621 e. The number of carbonyl (C=O) groups excluding carboxylic acids is 1. The Morgan fingerprint density at radius 1 is 1.45 bits per heavy atom. The van der Waals surface area contributed by atoms with Gasteiger partial charge >= 0.3 is 9.08 Å². The van der Waals surface area contributed by atoms with Gasteiger partial charge in [-0.15, -0.1) is 0 Å². The molecular formula is C6H13NO3Si. The fourth-order valence-electron chi connectivity index (χ4n) is 0.546. The molecule has 0 N–H and O–H groups in total. The van der Waals surface area contributed by atoms with E-state index >= 15 is 0 Å². The summed E-state index contributed by atoms with van der Waals surface area (Å²) >= 11 is 0. The van der Waals surface area contributed by atoms with Crippen molar-refractivity contribution in [3.8, 4) is 0 Å². The summed E-state index contributed by atoms with van der Waals surface area (Å²) in [6, 6.07) is 0. The molecule has 0 rings (SSSR count). The van der Waals surface area contributed by atoms with Crippen LogP contribution in [-0.2, 0) is 13.6 Å². The number of nitrogens with zero attached hydrogens (tertiary/aromatic N) is 1. The van der Waals surface area contributed by atoms with Crippen LogP contribution in [0.1, 0.15) is 19.8 Å². The number of hydrogen-bond acceptors (Lipinski definition) is 3. The fraction of sp³-hybridized carbons (Fsp3) is 0.833. The minimum Gasteiger partial charge on any atom is -0.513 e. The van der Waals surface area contributed by atoms with Crippen molar-refractivity contribution in [2.24, 2.45) is 4.63 Å². The second kappa shape index (κ2) is 6.03. The van der Waals surface area contributed by atoms with Gasteiger partial charge in [-0.1, -0.05) is 6.92 Å². The van der Waals surface area contributed by atoms with E-state index in [1.165, 1.54) is 14.2 Å². The monoisotopic (exact) mass is 175 g/mol. The van der Waals surface area contributed by atoms with Crippen LogP contribution < -0.4 is 0 Å². The fourth-order valence-corrected chi connectivity index (χ4v) is 1.21. The van der Waals surface area contributed by atoms with Crippen molar-refractivity contribution >= 4 is 15.0 Å². The molecule has 0 fully saturated rings. The Kier molecular flexibility index (Phi) is 5.64. The van der Waals surface area contributed by atoms with Gasteiger partial charge in [0, 0.05) is 6.42 Å². The second-order valence-corrected chi connectivity index (χ2v) is 3.50. The van der Waals surface area contributed by atoms with Crippen molar-refractivity contribution in [3.05, 3.63) is 0 Å². The summed E-state index contributed by atoms with van der Waals surface area (Å²) in [5.41, 5.74) is 0. The average Bonchev–Trinajstić information content (AvgIpc) is 2.01.